The SMILES string of the molecule is CCCCCCCC/C=C\CCCCCC(=O)OCC(COP(=O)(O)OC1C(OC2OC(CO)C(O)C(O)C2O)C(O)C(O)C(OC(=O)CCCCCCCCCCCCCCC)C1OC1OC(COC(=O)CCCCCCCCCCCCCCCCC)C(O)C(O)C1O)OC(=O)CCCCCCCCCCCCCCCCCC. The van der Waals surface area contributed by atoms with Gasteiger partial charge in [-0.15, -0.1) is 0 Å². The Bertz CT molecular complexity index is 2460. The Morgan fingerprint density at radius 1 is 0.336 bits per heavy atom. The van der Waals surface area contributed by atoms with E-state index in [-0.39, 0.29) is 25.7 Å². The second kappa shape index (κ2) is 69.6. The number of carbonyl (C=O) groups excluding carboxylic acids is 4. The highest BCUT2D eigenvalue weighted by Crippen LogP contribution is 2.49. The number of esters is 4. The van der Waals surface area contributed by atoms with Gasteiger partial charge in [-0.1, -0.05) is 342 Å². The second-order valence-electron chi connectivity index (χ2n) is 33.5. The van der Waals surface area contributed by atoms with Crippen molar-refractivity contribution in [2.75, 3.05) is 26.4 Å². The van der Waals surface area contributed by atoms with Crippen LogP contribution in [0.15, 0.2) is 12.2 Å². The molecule has 18 atom stereocenters. The van der Waals surface area contributed by atoms with Crippen LogP contribution in [0, 0.1) is 0 Å². The van der Waals surface area contributed by atoms with Crippen LogP contribution >= 0.6 is 7.82 Å². The van der Waals surface area contributed by atoms with Crippen LogP contribution in [0.5, 0.6) is 0 Å². The predicted molar refractivity (Wildman–Crippen MR) is 449 cm³/mol. The number of rotatable bonds is 76. The van der Waals surface area contributed by atoms with Crippen molar-refractivity contribution in [1.29, 1.82) is 0 Å². The van der Waals surface area contributed by atoms with Crippen LogP contribution in [0.4, 0.5) is 0 Å². The molecule has 1 saturated carbocycles. The summed E-state index contributed by atoms with van der Waals surface area (Å²) < 4.78 is 73.4. The van der Waals surface area contributed by atoms with E-state index in [1.165, 1.54) is 193 Å². The van der Waals surface area contributed by atoms with Gasteiger partial charge in [-0.25, -0.2) is 4.57 Å². The fraction of sp³-hybridized carbons (Fsp3) is 0.933. The summed E-state index contributed by atoms with van der Waals surface area (Å²) in [6.45, 7) is 5.59. The van der Waals surface area contributed by atoms with Gasteiger partial charge in [0, 0.05) is 25.7 Å². The van der Waals surface area contributed by atoms with Crippen LogP contribution in [-0.4, -0.2) is 205 Å². The van der Waals surface area contributed by atoms with Gasteiger partial charge in [0.25, 0.3) is 0 Å². The molecule has 3 fully saturated rings. The molecule has 2 heterocycles. The third-order valence-electron chi connectivity index (χ3n) is 23.0. The normalized spacial score (nSPS) is 25.2. The molecule has 0 spiro atoms. The summed E-state index contributed by atoms with van der Waals surface area (Å²) in [6, 6.07) is 0. The minimum atomic E-state index is -5.80. The molecule has 0 radical (unpaired) electrons. The third-order valence-corrected chi connectivity index (χ3v) is 24.0. The summed E-state index contributed by atoms with van der Waals surface area (Å²) in [5, 5.41) is 102. The maximum atomic E-state index is 14.9. The first kappa shape index (κ1) is 107. The Morgan fingerprint density at radius 2 is 0.647 bits per heavy atom. The molecular formula is C90H167O25P. The predicted octanol–water partition coefficient (Wildman–Crippen LogP) is 17.2. The van der Waals surface area contributed by atoms with Crippen LogP contribution < -0.4 is 0 Å². The standard InChI is InChI=1S/C90H167O25P/c1-5-9-13-17-21-25-29-33-35-37-41-45-48-52-56-60-64-75(94)109-70(67-106-73(92)62-58-54-50-46-42-38-31-27-23-19-15-11-7-3)68-108-116(104,105)115-88-86(113-89-83(102)79(98)77(96)71(66-91)110-89)82(101)81(100)85(112-76(95)65-61-57-53-49-44-39-32-28-24-20-16-12-8-4)87(88)114-90-84(103)80(99)78(97)72(111-90)69-107-74(93)63-59-55-51-47-43-40-36-34-30-26-22-18-14-10-6-2/h38,42,70-72,77-91,96-103H,5-37,39-41,43-69H2,1-4H3,(H,104,105)/b42-38-. The van der Waals surface area contributed by atoms with E-state index in [1.54, 1.807) is 0 Å². The second-order valence-corrected chi connectivity index (χ2v) is 34.9. The lowest BCUT2D eigenvalue weighted by Gasteiger charge is -2.50. The number of aliphatic hydroxyl groups excluding tert-OH is 9. The zero-order valence-corrected chi connectivity index (χ0v) is 73.5. The first-order valence-electron chi connectivity index (χ1n) is 46.9. The highest BCUT2D eigenvalue weighted by atomic mass is 31.2. The van der Waals surface area contributed by atoms with E-state index in [0.29, 0.717) is 32.1 Å². The summed E-state index contributed by atoms with van der Waals surface area (Å²) in [6.07, 6.45) is 27.8. The topological polar surface area (TPSA) is 380 Å². The molecular weight excluding hydrogens is 1510 g/mol. The van der Waals surface area contributed by atoms with E-state index in [0.717, 1.165) is 128 Å². The summed E-state index contributed by atoms with van der Waals surface area (Å²) in [5.41, 5.74) is 0. The molecule has 2 saturated heterocycles. The van der Waals surface area contributed by atoms with E-state index in [2.05, 4.69) is 39.8 Å². The average Bonchev–Trinajstić information content (AvgIpc) is 0.754. The van der Waals surface area contributed by atoms with E-state index in [1.807, 2.05) is 0 Å². The van der Waals surface area contributed by atoms with E-state index in [9.17, 15) is 74.6 Å². The molecule has 18 unspecified atom stereocenters. The van der Waals surface area contributed by atoms with Gasteiger partial charge in [-0.3, -0.25) is 28.2 Å². The molecule has 2 aliphatic heterocycles. The minimum absolute atomic E-state index is 0.0168. The van der Waals surface area contributed by atoms with Crippen molar-refractivity contribution < 1.29 is 122 Å². The molecule has 25 nitrogen and oxygen atoms in total. The highest BCUT2D eigenvalue weighted by Gasteiger charge is 2.60. The molecule has 1 aliphatic carbocycles. The summed E-state index contributed by atoms with van der Waals surface area (Å²) >= 11 is 0. The smallest absolute Gasteiger partial charge is 0.463 e. The van der Waals surface area contributed by atoms with E-state index < -0.39 is 162 Å². The number of hydrogen-bond acceptors (Lipinski definition) is 24. The summed E-state index contributed by atoms with van der Waals surface area (Å²) in [4.78, 5) is 66.4. The largest absolute Gasteiger partial charge is 0.472 e. The Kier molecular flexibility index (Phi) is 64.4. The molecule has 682 valence electrons. The van der Waals surface area contributed by atoms with Gasteiger partial charge >= 0.3 is 31.7 Å². The van der Waals surface area contributed by atoms with Gasteiger partial charge < -0.3 is 88.7 Å². The van der Waals surface area contributed by atoms with E-state index in [4.69, 9.17) is 46.9 Å². The molecule has 0 aromatic carbocycles. The quantitative estimate of drug-likeness (QED) is 0.00889. The third kappa shape index (κ3) is 49.5. The van der Waals surface area contributed by atoms with Crippen molar-refractivity contribution in [2.45, 2.75) is 511 Å². The lowest BCUT2D eigenvalue weighted by atomic mass is 9.84. The van der Waals surface area contributed by atoms with Crippen LogP contribution in [0.2, 0.25) is 0 Å². The van der Waals surface area contributed by atoms with Gasteiger partial charge in [0.2, 0.25) is 0 Å². The fourth-order valence-electron chi connectivity index (χ4n) is 15.5. The molecule has 3 rings (SSSR count). The molecule has 0 amide bonds. The lowest BCUT2D eigenvalue weighted by molar-refractivity contribution is -0.360. The number of ether oxygens (including phenoxy) is 8. The van der Waals surface area contributed by atoms with Gasteiger partial charge in [-0.2, -0.15) is 0 Å². The maximum absolute atomic E-state index is 14.9. The first-order chi connectivity index (χ1) is 56.2. The Hall–Kier alpha value is -2.79. The Morgan fingerprint density at radius 3 is 1.03 bits per heavy atom. The average molecular weight is 1680 g/mol. The van der Waals surface area contributed by atoms with Crippen LogP contribution in [0.25, 0.3) is 0 Å². The molecule has 26 heteroatoms. The molecule has 3 aliphatic rings. The van der Waals surface area contributed by atoms with Crippen molar-refractivity contribution in [2.24, 2.45) is 0 Å². The molecule has 0 aromatic rings. The number of allylic oxidation sites excluding steroid dienone is 2. The zero-order chi connectivity index (χ0) is 84.7. The fourth-order valence-corrected chi connectivity index (χ4v) is 16.5. The highest BCUT2D eigenvalue weighted by molar-refractivity contribution is 7.47. The number of carbonyl (C=O) groups is 4. The maximum Gasteiger partial charge on any atom is 0.472 e. The van der Waals surface area contributed by atoms with Crippen molar-refractivity contribution in [3.8, 4) is 0 Å². The molecule has 10 N–H and O–H groups in total. The number of phosphoric acid groups is 1. The summed E-state index contributed by atoms with van der Waals surface area (Å²) in [7, 11) is -5.80. The van der Waals surface area contributed by atoms with Crippen LogP contribution in [0.3, 0.4) is 0 Å². The first-order valence-corrected chi connectivity index (χ1v) is 48.4. The van der Waals surface area contributed by atoms with Crippen LogP contribution in [0.1, 0.15) is 407 Å². The Balaban J connectivity index is 1.91. The van der Waals surface area contributed by atoms with E-state index >= 15 is 0 Å². The van der Waals surface area contributed by atoms with Gasteiger partial charge in [0.1, 0.15) is 92.6 Å². The van der Waals surface area contributed by atoms with Crippen molar-refractivity contribution in [3.05, 3.63) is 12.2 Å². The van der Waals surface area contributed by atoms with Crippen molar-refractivity contribution in [3.63, 3.8) is 0 Å². The lowest BCUT2D eigenvalue weighted by Crippen LogP contribution is -2.70. The van der Waals surface area contributed by atoms with Gasteiger partial charge in [-0.05, 0) is 51.4 Å². The van der Waals surface area contributed by atoms with Gasteiger partial charge in [0.05, 0.1) is 13.2 Å². The number of hydrogen-bond donors (Lipinski definition) is 10. The van der Waals surface area contributed by atoms with Crippen molar-refractivity contribution in [1.82, 2.24) is 0 Å². The molecule has 116 heavy (non-hydrogen) atoms. The van der Waals surface area contributed by atoms with Gasteiger partial charge in [0.15, 0.2) is 24.8 Å². The van der Waals surface area contributed by atoms with Crippen LogP contribution in [-0.2, 0) is 70.7 Å². The molecule has 0 bridgehead atoms. The number of aliphatic hydroxyl groups is 9. The Labute approximate surface area is 699 Å². The zero-order valence-electron chi connectivity index (χ0n) is 72.6. The van der Waals surface area contributed by atoms with Crippen molar-refractivity contribution >= 4 is 31.7 Å². The monoisotopic (exact) mass is 1680 g/mol. The minimum Gasteiger partial charge on any atom is -0.463 e. The number of unbranched alkanes of at least 4 members (excludes halogenated alkanes) is 50. The molecule has 0 aromatic heterocycles. The number of phosphoric ester groups is 1. The summed E-state index contributed by atoms with van der Waals surface area (Å²) in [5.74, 6) is -2.97.